The number of nitriles is 1. The van der Waals surface area contributed by atoms with E-state index in [0.29, 0.717) is 5.69 Å². The van der Waals surface area contributed by atoms with Crippen molar-refractivity contribution in [2.24, 2.45) is 0 Å². The SMILES string of the molecule is Cc1cc(-c2cc([N+](=O)[O-])ccc2F)c(C#N)c(=O)[nH]1. The first-order chi connectivity index (χ1) is 9.43. The molecule has 0 bridgehead atoms. The van der Waals surface area contributed by atoms with Gasteiger partial charge in [0.25, 0.3) is 11.2 Å². The van der Waals surface area contributed by atoms with Crippen LogP contribution >= 0.6 is 0 Å². The summed E-state index contributed by atoms with van der Waals surface area (Å²) < 4.78 is 13.9. The number of benzene rings is 1. The Balaban J connectivity index is 2.81. The zero-order valence-corrected chi connectivity index (χ0v) is 10.3. The van der Waals surface area contributed by atoms with Crippen LogP contribution in [-0.4, -0.2) is 9.91 Å². The maximum Gasteiger partial charge on any atom is 0.270 e. The average molecular weight is 273 g/mol. The van der Waals surface area contributed by atoms with Gasteiger partial charge in [-0.1, -0.05) is 0 Å². The van der Waals surface area contributed by atoms with E-state index >= 15 is 0 Å². The maximum absolute atomic E-state index is 13.9. The number of nitro groups is 1. The van der Waals surface area contributed by atoms with Crippen LogP contribution in [0.2, 0.25) is 0 Å². The van der Waals surface area contributed by atoms with Gasteiger partial charge in [-0.15, -0.1) is 0 Å². The number of hydrogen-bond acceptors (Lipinski definition) is 4. The van der Waals surface area contributed by atoms with Gasteiger partial charge >= 0.3 is 0 Å². The van der Waals surface area contributed by atoms with Gasteiger partial charge in [-0.25, -0.2) is 4.39 Å². The Kier molecular flexibility index (Phi) is 3.31. The lowest BCUT2D eigenvalue weighted by molar-refractivity contribution is -0.384. The molecule has 1 heterocycles. The fourth-order valence-corrected chi connectivity index (χ4v) is 1.85. The smallest absolute Gasteiger partial charge is 0.270 e. The van der Waals surface area contributed by atoms with Crippen molar-refractivity contribution in [1.29, 1.82) is 5.26 Å². The predicted octanol–water partition coefficient (Wildman–Crippen LogP) is 2.27. The van der Waals surface area contributed by atoms with Crippen LogP contribution in [-0.2, 0) is 0 Å². The van der Waals surface area contributed by atoms with Crippen molar-refractivity contribution in [3.8, 4) is 17.2 Å². The largest absolute Gasteiger partial charge is 0.325 e. The first-order valence-electron chi connectivity index (χ1n) is 5.52. The van der Waals surface area contributed by atoms with E-state index in [9.17, 15) is 19.3 Å². The minimum atomic E-state index is -0.739. The number of nitro benzene ring substituents is 1. The molecule has 0 radical (unpaired) electrons. The van der Waals surface area contributed by atoms with Gasteiger partial charge in [0, 0.05) is 29.0 Å². The Morgan fingerprint density at radius 1 is 1.35 bits per heavy atom. The van der Waals surface area contributed by atoms with Gasteiger partial charge in [0.15, 0.2) is 0 Å². The number of rotatable bonds is 2. The Labute approximate surface area is 112 Å². The lowest BCUT2D eigenvalue weighted by Gasteiger charge is -2.06. The number of aromatic amines is 1. The molecule has 0 atom stereocenters. The van der Waals surface area contributed by atoms with Crippen LogP contribution < -0.4 is 5.56 Å². The van der Waals surface area contributed by atoms with E-state index in [4.69, 9.17) is 5.26 Å². The van der Waals surface area contributed by atoms with Crippen LogP contribution in [0, 0.1) is 34.2 Å². The lowest BCUT2D eigenvalue weighted by Crippen LogP contribution is -2.13. The van der Waals surface area contributed by atoms with Crippen molar-refractivity contribution in [3.05, 3.63) is 61.8 Å². The summed E-state index contributed by atoms with van der Waals surface area (Å²) >= 11 is 0. The highest BCUT2D eigenvalue weighted by atomic mass is 19.1. The molecule has 0 saturated carbocycles. The zero-order valence-electron chi connectivity index (χ0n) is 10.3. The van der Waals surface area contributed by atoms with Gasteiger partial charge in [0.05, 0.1) is 4.92 Å². The summed E-state index contributed by atoms with van der Waals surface area (Å²) in [5, 5.41) is 19.7. The van der Waals surface area contributed by atoms with E-state index in [0.717, 1.165) is 18.2 Å². The van der Waals surface area contributed by atoms with Gasteiger partial charge in [-0.3, -0.25) is 14.9 Å². The van der Waals surface area contributed by atoms with Crippen molar-refractivity contribution in [1.82, 2.24) is 4.98 Å². The molecule has 6 nitrogen and oxygen atoms in total. The molecule has 20 heavy (non-hydrogen) atoms. The number of hydrogen-bond donors (Lipinski definition) is 1. The molecular formula is C13H8FN3O3. The van der Waals surface area contributed by atoms with Gasteiger partial charge in [0.2, 0.25) is 0 Å². The average Bonchev–Trinajstić information content (AvgIpc) is 2.38. The topological polar surface area (TPSA) is 99.8 Å². The molecule has 100 valence electrons. The number of non-ortho nitro benzene ring substituents is 1. The van der Waals surface area contributed by atoms with Gasteiger partial charge in [-0.2, -0.15) is 5.26 Å². The maximum atomic E-state index is 13.9. The molecule has 0 amide bonds. The molecule has 0 aliphatic carbocycles. The molecule has 0 aliphatic heterocycles. The molecular weight excluding hydrogens is 265 g/mol. The molecule has 0 fully saturated rings. The summed E-state index contributed by atoms with van der Waals surface area (Å²) in [6.07, 6.45) is 0. The van der Waals surface area contributed by atoms with Crippen molar-refractivity contribution in [3.63, 3.8) is 0 Å². The first-order valence-corrected chi connectivity index (χ1v) is 5.52. The van der Waals surface area contributed by atoms with Crippen LogP contribution in [0.25, 0.3) is 11.1 Å². The van der Waals surface area contributed by atoms with E-state index in [1.165, 1.54) is 6.07 Å². The normalized spacial score (nSPS) is 10.1. The number of nitrogens with one attached hydrogen (secondary N) is 1. The summed E-state index contributed by atoms with van der Waals surface area (Å²) in [6, 6.07) is 6.05. The molecule has 0 spiro atoms. The number of H-pyrrole nitrogens is 1. The molecule has 1 aromatic heterocycles. The molecule has 0 unspecified atom stereocenters. The first kappa shape index (κ1) is 13.4. The minimum Gasteiger partial charge on any atom is -0.325 e. The summed E-state index contributed by atoms with van der Waals surface area (Å²) in [5.41, 5.74) is -0.943. The minimum absolute atomic E-state index is 0.0370. The third-order valence-electron chi connectivity index (χ3n) is 2.73. The van der Waals surface area contributed by atoms with E-state index in [2.05, 4.69) is 4.98 Å². The van der Waals surface area contributed by atoms with Crippen molar-refractivity contribution in [2.45, 2.75) is 6.92 Å². The molecule has 0 aliphatic rings. The molecule has 7 heteroatoms. The van der Waals surface area contributed by atoms with Crippen LogP contribution in [0.4, 0.5) is 10.1 Å². The quantitative estimate of drug-likeness (QED) is 0.670. The standard InChI is InChI=1S/C13H8FN3O3/c1-7-4-9(11(6-15)13(18)16-7)10-5-8(17(19)20)2-3-12(10)14/h2-5H,1H3,(H,16,18). The third kappa shape index (κ3) is 2.27. The van der Waals surface area contributed by atoms with E-state index < -0.39 is 16.3 Å². The summed E-state index contributed by atoms with van der Waals surface area (Å²) in [6.45, 7) is 1.57. The Morgan fingerprint density at radius 3 is 2.65 bits per heavy atom. The number of halogens is 1. The molecule has 2 aromatic rings. The lowest BCUT2D eigenvalue weighted by atomic mass is 10.00. The fourth-order valence-electron chi connectivity index (χ4n) is 1.85. The van der Waals surface area contributed by atoms with Crippen molar-refractivity contribution in [2.75, 3.05) is 0 Å². The summed E-state index contributed by atoms with van der Waals surface area (Å²) in [4.78, 5) is 24.1. The Morgan fingerprint density at radius 2 is 2.05 bits per heavy atom. The highest BCUT2D eigenvalue weighted by molar-refractivity contribution is 5.72. The van der Waals surface area contributed by atoms with Gasteiger partial charge in [0.1, 0.15) is 17.4 Å². The van der Waals surface area contributed by atoms with Crippen LogP contribution in [0.3, 0.4) is 0 Å². The molecule has 0 saturated heterocycles. The van der Waals surface area contributed by atoms with Crippen LogP contribution in [0.15, 0.2) is 29.1 Å². The number of pyridine rings is 1. The van der Waals surface area contributed by atoms with Gasteiger partial charge < -0.3 is 4.98 Å². The third-order valence-corrected chi connectivity index (χ3v) is 2.73. The molecule has 2 rings (SSSR count). The summed E-state index contributed by atoms with van der Waals surface area (Å²) in [7, 11) is 0. The second kappa shape index (κ2) is 4.93. The van der Waals surface area contributed by atoms with E-state index in [-0.39, 0.29) is 22.4 Å². The number of aryl methyl sites for hydroxylation is 1. The number of nitrogens with zero attached hydrogens (tertiary/aromatic N) is 2. The monoisotopic (exact) mass is 273 g/mol. The van der Waals surface area contributed by atoms with Crippen molar-refractivity contribution < 1.29 is 9.31 Å². The highest BCUT2D eigenvalue weighted by Gasteiger charge is 2.17. The Bertz CT molecular complexity index is 805. The number of aromatic nitrogens is 1. The fraction of sp³-hybridized carbons (Fsp3) is 0.0769. The second-order valence-corrected chi connectivity index (χ2v) is 4.10. The van der Waals surface area contributed by atoms with E-state index in [1.54, 1.807) is 13.0 Å². The Hall–Kier alpha value is -3.01. The molecule has 1 aromatic carbocycles. The van der Waals surface area contributed by atoms with Crippen LogP contribution in [0.5, 0.6) is 0 Å². The van der Waals surface area contributed by atoms with Crippen LogP contribution in [0.1, 0.15) is 11.3 Å². The van der Waals surface area contributed by atoms with Crippen molar-refractivity contribution >= 4 is 5.69 Å². The van der Waals surface area contributed by atoms with E-state index in [1.807, 2.05) is 0 Å². The zero-order chi connectivity index (χ0) is 14.9. The second-order valence-electron chi connectivity index (χ2n) is 4.10. The summed E-state index contributed by atoms with van der Waals surface area (Å²) in [5.74, 6) is -0.739. The highest BCUT2D eigenvalue weighted by Crippen LogP contribution is 2.28. The molecule has 1 N–H and O–H groups in total. The van der Waals surface area contributed by atoms with Gasteiger partial charge in [-0.05, 0) is 19.1 Å². The predicted molar refractivity (Wildman–Crippen MR) is 68.6 cm³/mol.